The van der Waals surface area contributed by atoms with E-state index in [4.69, 9.17) is 9.57 Å². The highest BCUT2D eigenvalue weighted by Gasteiger charge is 2.10. The lowest BCUT2D eigenvalue weighted by atomic mass is 10.1. The molecule has 0 atom stereocenters. The molecule has 7 nitrogen and oxygen atoms in total. The zero-order chi connectivity index (χ0) is 20.9. The molecular formula is C22H26N2O5. The normalized spacial score (nSPS) is 10.1. The Balaban J connectivity index is 1.52. The maximum Gasteiger partial charge on any atom is 0.362 e. The number of unbranched alkanes of at least 4 members (excludes halogenated alkanes) is 3. The van der Waals surface area contributed by atoms with Gasteiger partial charge in [-0.25, -0.2) is 4.79 Å². The molecule has 0 aliphatic rings. The SMILES string of the molecule is COc1ccc(C(=O)ONC(=O)CCCCCCC(=O)Nc2ccccc2)cc1. The number of amides is 2. The second kappa shape index (κ2) is 12.2. The maximum atomic E-state index is 11.8. The Bertz CT molecular complexity index is 791. The zero-order valence-corrected chi connectivity index (χ0v) is 16.5. The third-order valence-electron chi connectivity index (χ3n) is 4.20. The summed E-state index contributed by atoms with van der Waals surface area (Å²) >= 11 is 0. The summed E-state index contributed by atoms with van der Waals surface area (Å²) in [7, 11) is 1.53. The first-order valence-corrected chi connectivity index (χ1v) is 9.57. The molecule has 2 N–H and O–H groups in total. The van der Waals surface area contributed by atoms with E-state index in [1.165, 1.54) is 7.11 Å². The van der Waals surface area contributed by atoms with E-state index in [2.05, 4.69) is 10.8 Å². The number of nitrogens with one attached hydrogen (secondary N) is 2. The van der Waals surface area contributed by atoms with Gasteiger partial charge < -0.3 is 14.9 Å². The first-order chi connectivity index (χ1) is 14.1. The van der Waals surface area contributed by atoms with Crippen LogP contribution < -0.4 is 15.5 Å². The van der Waals surface area contributed by atoms with Crippen LogP contribution in [0.5, 0.6) is 5.75 Å². The van der Waals surface area contributed by atoms with Crippen molar-refractivity contribution in [3.8, 4) is 5.75 Å². The summed E-state index contributed by atoms with van der Waals surface area (Å²) in [5.41, 5.74) is 3.27. The van der Waals surface area contributed by atoms with Gasteiger partial charge in [0.15, 0.2) is 0 Å². The lowest BCUT2D eigenvalue weighted by Crippen LogP contribution is -2.26. The minimum atomic E-state index is -0.634. The molecule has 2 aromatic carbocycles. The van der Waals surface area contributed by atoms with Crippen molar-refractivity contribution in [2.24, 2.45) is 0 Å². The van der Waals surface area contributed by atoms with Crippen LogP contribution in [0.15, 0.2) is 54.6 Å². The smallest absolute Gasteiger partial charge is 0.362 e. The van der Waals surface area contributed by atoms with Gasteiger partial charge in [-0.3, -0.25) is 9.59 Å². The lowest BCUT2D eigenvalue weighted by Gasteiger charge is -2.07. The quantitative estimate of drug-likeness (QED) is 0.468. The zero-order valence-electron chi connectivity index (χ0n) is 16.5. The molecule has 0 fully saturated rings. The van der Waals surface area contributed by atoms with Crippen LogP contribution in [-0.2, 0) is 14.4 Å². The van der Waals surface area contributed by atoms with Crippen molar-refractivity contribution < 1.29 is 24.0 Å². The van der Waals surface area contributed by atoms with Gasteiger partial charge in [-0.2, -0.15) is 5.48 Å². The number of hydrogen-bond donors (Lipinski definition) is 2. The fourth-order valence-electron chi connectivity index (χ4n) is 2.61. The van der Waals surface area contributed by atoms with Gasteiger partial charge in [0.2, 0.25) is 5.91 Å². The molecule has 0 unspecified atom stereocenters. The van der Waals surface area contributed by atoms with Gasteiger partial charge >= 0.3 is 5.97 Å². The van der Waals surface area contributed by atoms with Crippen molar-refractivity contribution in [2.45, 2.75) is 38.5 Å². The van der Waals surface area contributed by atoms with Crippen LogP contribution in [-0.4, -0.2) is 24.9 Å². The largest absolute Gasteiger partial charge is 0.497 e. The van der Waals surface area contributed by atoms with Gasteiger partial charge in [0, 0.05) is 18.5 Å². The highest BCUT2D eigenvalue weighted by atomic mass is 16.7. The maximum absolute atomic E-state index is 11.8. The first-order valence-electron chi connectivity index (χ1n) is 9.57. The van der Waals surface area contributed by atoms with E-state index in [-0.39, 0.29) is 18.2 Å². The number of methoxy groups -OCH3 is 1. The lowest BCUT2D eigenvalue weighted by molar-refractivity contribution is -0.130. The van der Waals surface area contributed by atoms with Crippen molar-refractivity contribution in [1.82, 2.24) is 5.48 Å². The molecule has 0 radical (unpaired) electrons. The molecule has 154 valence electrons. The molecule has 0 spiro atoms. The van der Waals surface area contributed by atoms with E-state index in [1.807, 2.05) is 30.3 Å². The van der Waals surface area contributed by atoms with E-state index in [9.17, 15) is 14.4 Å². The fourth-order valence-corrected chi connectivity index (χ4v) is 2.61. The molecule has 0 bridgehead atoms. The number of para-hydroxylation sites is 1. The third kappa shape index (κ3) is 8.47. The summed E-state index contributed by atoms with van der Waals surface area (Å²) in [5, 5.41) is 2.84. The van der Waals surface area contributed by atoms with E-state index < -0.39 is 5.97 Å². The van der Waals surface area contributed by atoms with Gasteiger partial charge in [-0.1, -0.05) is 31.0 Å². The molecule has 2 rings (SSSR count). The summed E-state index contributed by atoms with van der Waals surface area (Å²) in [4.78, 5) is 40.2. The Morgan fingerprint density at radius 1 is 0.793 bits per heavy atom. The van der Waals surface area contributed by atoms with Crippen LogP contribution in [0.4, 0.5) is 5.69 Å². The molecule has 7 heteroatoms. The molecule has 2 amide bonds. The molecule has 0 aliphatic carbocycles. The van der Waals surface area contributed by atoms with Crippen LogP contribution in [0.2, 0.25) is 0 Å². The van der Waals surface area contributed by atoms with Gasteiger partial charge in [0.1, 0.15) is 5.75 Å². The van der Waals surface area contributed by atoms with Crippen molar-refractivity contribution in [3.63, 3.8) is 0 Å². The van der Waals surface area contributed by atoms with Crippen LogP contribution in [0, 0.1) is 0 Å². The van der Waals surface area contributed by atoms with Gasteiger partial charge in [-0.15, -0.1) is 0 Å². The monoisotopic (exact) mass is 398 g/mol. The Morgan fingerprint density at radius 2 is 1.41 bits per heavy atom. The van der Waals surface area contributed by atoms with Gasteiger partial charge in [0.05, 0.1) is 12.7 Å². The molecule has 29 heavy (non-hydrogen) atoms. The molecular weight excluding hydrogens is 372 g/mol. The fraction of sp³-hybridized carbons (Fsp3) is 0.318. The second-order valence-corrected chi connectivity index (χ2v) is 6.47. The summed E-state index contributed by atoms with van der Waals surface area (Å²) < 4.78 is 5.01. The van der Waals surface area contributed by atoms with Crippen molar-refractivity contribution in [3.05, 3.63) is 60.2 Å². The Hall–Kier alpha value is -3.35. The number of carbonyl (C=O) groups is 3. The molecule has 0 heterocycles. The van der Waals surface area contributed by atoms with Crippen LogP contribution in [0.25, 0.3) is 0 Å². The minimum Gasteiger partial charge on any atom is -0.497 e. The van der Waals surface area contributed by atoms with Crippen LogP contribution in [0.3, 0.4) is 0 Å². The third-order valence-corrected chi connectivity index (χ3v) is 4.20. The number of carbonyl (C=O) groups excluding carboxylic acids is 3. The summed E-state index contributed by atoms with van der Waals surface area (Å²) in [6, 6.07) is 15.7. The Labute approximate surface area is 170 Å². The highest BCUT2D eigenvalue weighted by molar-refractivity contribution is 5.91. The van der Waals surface area contributed by atoms with Crippen molar-refractivity contribution in [2.75, 3.05) is 12.4 Å². The first kappa shape index (κ1) is 21.9. The summed E-state index contributed by atoms with van der Waals surface area (Å²) in [5.74, 6) is -0.373. The highest BCUT2D eigenvalue weighted by Crippen LogP contribution is 2.12. The topological polar surface area (TPSA) is 93.7 Å². The van der Waals surface area contributed by atoms with E-state index in [1.54, 1.807) is 24.3 Å². The van der Waals surface area contributed by atoms with Gasteiger partial charge in [0.25, 0.3) is 5.91 Å². The number of rotatable bonds is 10. The number of anilines is 1. The Morgan fingerprint density at radius 3 is 2.03 bits per heavy atom. The Kier molecular flexibility index (Phi) is 9.21. The molecule has 0 saturated heterocycles. The predicted molar refractivity (Wildman–Crippen MR) is 109 cm³/mol. The standard InChI is InChI=1S/C22H26N2O5/c1-28-19-15-13-17(14-16-19)22(27)29-24-21(26)12-8-3-2-7-11-20(25)23-18-9-5-4-6-10-18/h4-6,9-10,13-16H,2-3,7-8,11-12H2,1H3,(H,23,25)(H,24,26). The number of hydroxylamine groups is 1. The second-order valence-electron chi connectivity index (χ2n) is 6.47. The number of hydrogen-bond acceptors (Lipinski definition) is 5. The average molecular weight is 398 g/mol. The van der Waals surface area contributed by atoms with Gasteiger partial charge in [-0.05, 0) is 49.2 Å². The van der Waals surface area contributed by atoms with E-state index in [0.29, 0.717) is 24.2 Å². The summed E-state index contributed by atoms with van der Waals surface area (Å²) in [6.45, 7) is 0. The number of ether oxygens (including phenoxy) is 1. The molecule has 0 aromatic heterocycles. The average Bonchev–Trinajstić information content (AvgIpc) is 2.75. The minimum absolute atomic E-state index is 0.0145. The summed E-state index contributed by atoms with van der Waals surface area (Å²) in [6.07, 6.45) is 3.78. The van der Waals surface area contributed by atoms with Crippen LogP contribution in [0.1, 0.15) is 48.9 Å². The number of benzene rings is 2. The van der Waals surface area contributed by atoms with Crippen molar-refractivity contribution in [1.29, 1.82) is 0 Å². The van der Waals surface area contributed by atoms with E-state index in [0.717, 1.165) is 24.9 Å². The predicted octanol–water partition coefficient (Wildman–Crippen LogP) is 3.86. The molecule has 2 aromatic rings. The molecule has 0 aliphatic heterocycles. The van der Waals surface area contributed by atoms with Crippen LogP contribution >= 0.6 is 0 Å². The molecule has 0 saturated carbocycles. The van der Waals surface area contributed by atoms with E-state index >= 15 is 0 Å². The van der Waals surface area contributed by atoms with Crippen molar-refractivity contribution >= 4 is 23.5 Å².